The standard InChI is InChI=1S/C10H18N2O/c1-7-5-9(11-8(2)13)6-12(7)10-3-4-10/h7,9-10H,3-6H2,1-2H3,(H,11,13). The minimum absolute atomic E-state index is 0.106. The van der Waals surface area contributed by atoms with Gasteiger partial charge in [-0.25, -0.2) is 0 Å². The normalized spacial score (nSPS) is 34.9. The van der Waals surface area contributed by atoms with Gasteiger partial charge in [0.2, 0.25) is 5.91 Å². The first kappa shape index (κ1) is 9.00. The second-order valence-electron chi connectivity index (χ2n) is 4.41. The molecule has 1 aliphatic carbocycles. The van der Waals surface area contributed by atoms with E-state index in [2.05, 4.69) is 17.1 Å². The minimum atomic E-state index is 0.106. The van der Waals surface area contributed by atoms with Crippen LogP contribution in [0, 0.1) is 0 Å². The van der Waals surface area contributed by atoms with Gasteiger partial charge in [0.05, 0.1) is 0 Å². The molecule has 2 unspecified atom stereocenters. The molecule has 1 amide bonds. The Morgan fingerprint density at radius 2 is 2.15 bits per heavy atom. The first-order chi connectivity index (χ1) is 6.16. The summed E-state index contributed by atoms with van der Waals surface area (Å²) in [5.74, 6) is 0.106. The third-order valence-electron chi connectivity index (χ3n) is 3.05. The zero-order chi connectivity index (χ0) is 9.42. The largest absolute Gasteiger partial charge is 0.352 e. The van der Waals surface area contributed by atoms with Gasteiger partial charge in [-0.15, -0.1) is 0 Å². The van der Waals surface area contributed by atoms with E-state index in [0.717, 1.165) is 19.0 Å². The van der Waals surface area contributed by atoms with Crippen molar-refractivity contribution in [3.63, 3.8) is 0 Å². The molecule has 3 heteroatoms. The van der Waals surface area contributed by atoms with E-state index < -0.39 is 0 Å². The predicted octanol–water partition coefficient (Wildman–Crippen LogP) is 0.748. The molecule has 74 valence electrons. The molecule has 1 N–H and O–H groups in total. The second-order valence-corrected chi connectivity index (χ2v) is 4.41. The molecular formula is C10H18N2O. The van der Waals surface area contributed by atoms with Crippen LogP contribution in [0.2, 0.25) is 0 Å². The Morgan fingerprint density at radius 3 is 2.69 bits per heavy atom. The monoisotopic (exact) mass is 182 g/mol. The van der Waals surface area contributed by atoms with E-state index in [0.29, 0.717) is 12.1 Å². The van der Waals surface area contributed by atoms with E-state index in [1.807, 2.05) is 0 Å². The lowest BCUT2D eigenvalue weighted by atomic mass is 10.2. The summed E-state index contributed by atoms with van der Waals surface area (Å²) in [5.41, 5.74) is 0. The first-order valence-electron chi connectivity index (χ1n) is 5.19. The molecule has 2 rings (SSSR count). The zero-order valence-electron chi connectivity index (χ0n) is 8.42. The van der Waals surface area contributed by atoms with E-state index in [1.165, 1.54) is 12.8 Å². The maximum Gasteiger partial charge on any atom is 0.217 e. The van der Waals surface area contributed by atoms with Crippen LogP contribution in [0.4, 0.5) is 0 Å². The molecule has 1 saturated carbocycles. The van der Waals surface area contributed by atoms with Gasteiger partial charge < -0.3 is 5.32 Å². The van der Waals surface area contributed by atoms with Crippen molar-refractivity contribution in [2.75, 3.05) is 6.54 Å². The summed E-state index contributed by atoms with van der Waals surface area (Å²) in [4.78, 5) is 13.4. The molecule has 0 aromatic rings. The lowest BCUT2D eigenvalue weighted by Gasteiger charge is -2.19. The van der Waals surface area contributed by atoms with Crippen molar-refractivity contribution in [3.05, 3.63) is 0 Å². The molecule has 2 fully saturated rings. The predicted molar refractivity (Wildman–Crippen MR) is 51.4 cm³/mol. The van der Waals surface area contributed by atoms with Gasteiger partial charge in [0, 0.05) is 31.6 Å². The summed E-state index contributed by atoms with van der Waals surface area (Å²) in [6, 6.07) is 1.88. The van der Waals surface area contributed by atoms with Crippen molar-refractivity contribution in [3.8, 4) is 0 Å². The van der Waals surface area contributed by atoms with Crippen molar-refractivity contribution < 1.29 is 4.79 Å². The maximum absolute atomic E-state index is 10.9. The van der Waals surface area contributed by atoms with E-state index >= 15 is 0 Å². The molecule has 13 heavy (non-hydrogen) atoms. The fourth-order valence-corrected chi connectivity index (χ4v) is 2.36. The summed E-state index contributed by atoms with van der Waals surface area (Å²) in [5, 5.41) is 3.00. The van der Waals surface area contributed by atoms with Crippen molar-refractivity contribution in [2.45, 2.75) is 51.2 Å². The molecule has 0 spiro atoms. The quantitative estimate of drug-likeness (QED) is 0.683. The average molecular weight is 182 g/mol. The van der Waals surface area contributed by atoms with Crippen LogP contribution in [0.25, 0.3) is 0 Å². The molecule has 2 aliphatic rings. The first-order valence-corrected chi connectivity index (χ1v) is 5.19. The Bertz CT molecular complexity index is 213. The molecule has 1 aliphatic heterocycles. The molecule has 0 aromatic carbocycles. The molecule has 2 atom stereocenters. The Labute approximate surface area is 79.5 Å². The van der Waals surface area contributed by atoms with E-state index in [-0.39, 0.29) is 5.91 Å². The number of carbonyl (C=O) groups is 1. The highest BCUT2D eigenvalue weighted by Crippen LogP contribution is 2.33. The summed E-state index contributed by atoms with van der Waals surface area (Å²) in [6.07, 6.45) is 3.84. The van der Waals surface area contributed by atoms with Crippen molar-refractivity contribution in [1.29, 1.82) is 0 Å². The smallest absolute Gasteiger partial charge is 0.217 e. The van der Waals surface area contributed by atoms with Gasteiger partial charge in [-0.2, -0.15) is 0 Å². The highest BCUT2D eigenvalue weighted by molar-refractivity contribution is 5.73. The topological polar surface area (TPSA) is 32.3 Å². The minimum Gasteiger partial charge on any atom is -0.352 e. The summed E-state index contributed by atoms with van der Waals surface area (Å²) in [6.45, 7) is 4.93. The lowest BCUT2D eigenvalue weighted by molar-refractivity contribution is -0.119. The number of hydrogen-bond donors (Lipinski definition) is 1. The molecule has 0 radical (unpaired) electrons. The van der Waals surface area contributed by atoms with Crippen LogP contribution in [0.1, 0.15) is 33.1 Å². The van der Waals surface area contributed by atoms with E-state index in [9.17, 15) is 4.79 Å². The van der Waals surface area contributed by atoms with Gasteiger partial charge in [0.1, 0.15) is 0 Å². The van der Waals surface area contributed by atoms with Crippen molar-refractivity contribution in [2.24, 2.45) is 0 Å². The number of rotatable bonds is 2. The summed E-state index contributed by atoms with van der Waals surface area (Å²) in [7, 11) is 0. The highest BCUT2D eigenvalue weighted by Gasteiger charge is 2.38. The van der Waals surface area contributed by atoms with Crippen LogP contribution in [0.15, 0.2) is 0 Å². The molecule has 0 aromatic heterocycles. The Kier molecular flexibility index (Phi) is 2.28. The number of nitrogens with zero attached hydrogens (tertiary/aromatic N) is 1. The molecule has 1 saturated heterocycles. The Balaban J connectivity index is 1.86. The molecule has 0 bridgehead atoms. The number of hydrogen-bond acceptors (Lipinski definition) is 2. The number of nitrogens with one attached hydrogen (secondary N) is 1. The Morgan fingerprint density at radius 1 is 1.46 bits per heavy atom. The van der Waals surface area contributed by atoms with Crippen LogP contribution in [0.3, 0.4) is 0 Å². The third kappa shape index (κ3) is 2.02. The SMILES string of the molecule is CC(=O)NC1CC(C)N(C2CC2)C1. The van der Waals surface area contributed by atoms with Crippen molar-refractivity contribution in [1.82, 2.24) is 10.2 Å². The van der Waals surface area contributed by atoms with Crippen LogP contribution in [-0.4, -0.2) is 35.5 Å². The van der Waals surface area contributed by atoms with Crippen LogP contribution >= 0.6 is 0 Å². The number of carbonyl (C=O) groups excluding carboxylic acids is 1. The van der Waals surface area contributed by atoms with Crippen molar-refractivity contribution >= 4 is 5.91 Å². The fraction of sp³-hybridized carbons (Fsp3) is 0.900. The summed E-state index contributed by atoms with van der Waals surface area (Å²) >= 11 is 0. The maximum atomic E-state index is 10.9. The van der Waals surface area contributed by atoms with Gasteiger partial charge in [-0.3, -0.25) is 9.69 Å². The second kappa shape index (κ2) is 3.29. The third-order valence-corrected chi connectivity index (χ3v) is 3.05. The molecule has 3 nitrogen and oxygen atoms in total. The van der Waals surface area contributed by atoms with Gasteiger partial charge >= 0.3 is 0 Å². The molecular weight excluding hydrogens is 164 g/mol. The van der Waals surface area contributed by atoms with Gasteiger partial charge in [-0.05, 0) is 26.2 Å². The Hall–Kier alpha value is -0.570. The molecule has 1 heterocycles. The highest BCUT2D eigenvalue weighted by atomic mass is 16.1. The zero-order valence-corrected chi connectivity index (χ0v) is 8.42. The average Bonchev–Trinajstić information content (AvgIpc) is 2.77. The van der Waals surface area contributed by atoms with Crippen LogP contribution < -0.4 is 5.32 Å². The lowest BCUT2D eigenvalue weighted by Crippen LogP contribution is -2.36. The van der Waals surface area contributed by atoms with Crippen LogP contribution in [-0.2, 0) is 4.79 Å². The number of amides is 1. The summed E-state index contributed by atoms with van der Waals surface area (Å²) < 4.78 is 0. The van der Waals surface area contributed by atoms with Gasteiger partial charge in [-0.1, -0.05) is 0 Å². The van der Waals surface area contributed by atoms with Gasteiger partial charge in [0.15, 0.2) is 0 Å². The fourth-order valence-electron chi connectivity index (χ4n) is 2.36. The van der Waals surface area contributed by atoms with E-state index in [4.69, 9.17) is 0 Å². The van der Waals surface area contributed by atoms with Crippen LogP contribution in [0.5, 0.6) is 0 Å². The number of likely N-dealkylation sites (tertiary alicyclic amines) is 1. The van der Waals surface area contributed by atoms with Gasteiger partial charge in [0.25, 0.3) is 0 Å². The van der Waals surface area contributed by atoms with E-state index in [1.54, 1.807) is 6.92 Å².